The van der Waals surface area contributed by atoms with Crippen molar-refractivity contribution in [1.82, 2.24) is 10.2 Å². The molecule has 0 spiro atoms. The summed E-state index contributed by atoms with van der Waals surface area (Å²) in [6.45, 7) is 7.34. The standard InChI is InChI=1S/C19H29N3O3/c1-15-13-22(7-10-25-15)14-17-4-2-3-16(11-17)12-21-18(23)19(20)5-8-24-9-6-19/h2-4,11,15H,5-10,12-14,20H2,1H3,(H,21,23). The summed E-state index contributed by atoms with van der Waals surface area (Å²) in [4.78, 5) is 14.8. The van der Waals surface area contributed by atoms with Crippen molar-refractivity contribution in [3.8, 4) is 0 Å². The van der Waals surface area contributed by atoms with Crippen LogP contribution in [0.25, 0.3) is 0 Å². The number of hydrogen-bond donors (Lipinski definition) is 2. The summed E-state index contributed by atoms with van der Waals surface area (Å²) in [5.74, 6) is -0.0804. The molecule has 2 aliphatic rings. The minimum absolute atomic E-state index is 0.0804. The van der Waals surface area contributed by atoms with Crippen molar-refractivity contribution in [2.45, 2.75) is 44.5 Å². The summed E-state index contributed by atoms with van der Waals surface area (Å²) < 4.78 is 10.9. The summed E-state index contributed by atoms with van der Waals surface area (Å²) in [5.41, 5.74) is 7.79. The lowest BCUT2D eigenvalue weighted by Crippen LogP contribution is -2.56. The van der Waals surface area contributed by atoms with Crippen LogP contribution in [0.3, 0.4) is 0 Å². The molecule has 1 aromatic rings. The number of nitrogens with one attached hydrogen (secondary N) is 1. The van der Waals surface area contributed by atoms with Crippen molar-refractivity contribution in [2.75, 3.05) is 32.9 Å². The predicted octanol–water partition coefficient (Wildman–Crippen LogP) is 1.03. The van der Waals surface area contributed by atoms with E-state index in [1.807, 2.05) is 12.1 Å². The van der Waals surface area contributed by atoms with Gasteiger partial charge in [-0.3, -0.25) is 9.69 Å². The maximum Gasteiger partial charge on any atom is 0.240 e. The molecule has 2 fully saturated rings. The first kappa shape index (κ1) is 18.3. The molecule has 0 aromatic heterocycles. The normalized spacial score (nSPS) is 24.0. The molecule has 138 valence electrons. The van der Waals surface area contributed by atoms with Gasteiger partial charge in [-0.05, 0) is 30.9 Å². The number of nitrogens with zero attached hydrogens (tertiary/aromatic N) is 1. The first-order chi connectivity index (χ1) is 12.0. The second-order valence-corrected chi connectivity index (χ2v) is 7.19. The molecular weight excluding hydrogens is 318 g/mol. The highest BCUT2D eigenvalue weighted by molar-refractivity contribution is 5.86. The van der Waals surface area contributed by atoms with Crippen molar-refractivity contribution >= 4 is 5.91 Å². The third-order valence-corrected chi connectivity index (χ3v) is 5.01. The smallest absolute Gasteiger partial charge is 0.240 e. The first-order valence-corrected chi connectivity index (χ1v) is 9.12. The monoisotopic (exact) mass is 347 g/mol. The maximum atomic E-state index is 12.4. The fourth-order valence-corrected chi connectivity index (χ4v) is 3.45. The quantitative estimate of drug-likeness (QED) is 0.832. The Morgan fingerprint density at radius 1 is 1.32 bits per heavy atom. The second-order valence-electron chi connectivity index (χ2n) is 7.19. The fourth-order valence-electron chi connectivity index (χ4n) is 3.45. The minimum atomic E-state index is -0.792. The Hall–Kier alpha value is -1.47. The number of carbonyl (C=O) groups excluding carboxylic acids is 1. The van der Waals surface area contributed by atoms with Crippen LogP contribution in [0, 0.1) is 0 Å². The van der Waals surface area contributed by atoms with Gasteiger partial charge in [-0.15, -0.1) is 0 Å². The van der Waals surface area contributed by atoms with Crippen molar-refractivity contribution in [2.24, 2.45) is 5.73 Å². The average Bonchev–Trinajstić information content (AvgIpc) is 2.61. The highest BCUT2D eigenvalue weighted by Gasteiger charge is 2.35. The Morgan fingerprint density at radius 2 is 2.08 bits per heavy atom. The van der Waals surface area contributed by atoms with Gasteiger partial charge >= 0.3 is 0 Å². The van der Waals surface area contributed by atoms with Gasteiger partial charge in [0.15, 0.2) is 0 Å². The van der Waals surface area contributed by atoms with Crippen molar-refractivity contribution in [3.63, 3.8) is 0 Å². The third kappa shape index (κ3) is 5.01. The van der Waals surface area contributed by atoms with E-state index in [2.05, 4.69) is 29.3 Å². The number of amides is 1. The molecule has 0 radical (unpaired) electrons. The van der Waals surface area contributed by atoms with E-state index >= 15 is 0 Å². The lowest BCUT2D eigenvalue weighted by molar-refractivity contribution is -0.129. The van der Waals surface area contributed by atoms with Crippen LogP contribution < -0.4 is 11.1 Å². The van der Waals surface area contributed by atoms with E-state index in [0.29, 0.717) is 32.6 Å². The van der Waals surface area contributed by atoms with Gasteiger partial charge in [0, 0.05) is 39.4 Å². The van der Waals surface area contributed by atoms with Gasteiger partial charge in [-0.2, -0.15) is 0 Å². The van der Waals surface area contributed by atoms with Gasteiger partial charge in [0.05, 0.1) is 18.2 Å². The van der Waals surface area contributed by atoms with Crippen LogP contribution in [-0.2, 0) is 27.4 Å². The van der Waals surface area contributed by atoms with Gasteiger partial charge < -0.3 is 20.5 Å². The number of benzene rings is 1. The van der Waals surface area contributed by atoms with E-state index in [1.165, 1.54) is 5.56 Å². The van der Waals surface area contributed by atoms with Gasteiger partial charge in [0.1, 0.15) is 0 Å². The molecule has 25 heavy (non-hydrogen) atoms. The highest BCUT2D eigenvalue weighted by atomic mass is 16.5. The molecule has 1 atom stereocenters. The molecule has 0 bridgehead atoms. The summed E-state index contributed by atoms with van der Waals surface area (Å²) in [6, 6.07) is 8.38. The van der Waals surface area contributed by atoms with Gasteiger partial charge in [-0.1, -0.05) is 24.3 Å². The zero-order valence-corrected chi connectivity index (χ0v) is 15.0. The summed E-state index contributed by atoms with van der Waals surface area (Å²) in [6.07, 6.45) is 1.44. The average molecular weight is 347 g/mol. The Labute approximate surface area is 149 Å². The van der Waals surface area contributed by atoms with E-state index < -0.39 is 5.54 Å². The van der Waals surface area contributed by atoms with Crippen LogP contribution in [0.1, 0.15) is 30.9 Å². The lowest BCUT2D eigenvalue weighted by Gasteiger charge is -2.32. The van der Waals surface area contributed by atoms with Crippen LogP contribution in [0.15, 0.2) is 24.3 Å². The van der Waals surface area contributed by atoms with Crippen molar-refractivity contribution < 1.29 is 14.3 Å². The Morgan fingerprint density at radius 3 is 2.84 bits per heavy atom. The van der Waals surface area contributed by atoms with E-state index in [4.69, 9.17) is 15.2 Å². The van der Waals surface area contributed by atoms with E-state index in [9.17, 15) is 4.79 Å². The Balaban J connectivity index is 1.53. The number of rotatable bonds is 5. The predicted molar refractivity (Wildman–Crippen MR) is 96.0 cm³/mol. The maximum absolute atomic E-state index is 12.4. The minimum Gasteiger partial charge on any atom is -0.381 e. The number of morpholine rings is 1. The molecule has 3 rings (SSSR count). The van der Waals surface area contributed by atoms with E-state index in [0.717, 1.165) is 31.8 Å². The highest BCUT2D eigenvalue weighted by Crippen LogP contribution is 2.18. The molecule has 2 aliphatic heterocycles. The summed E-state index contributed by atoms with van der Waals surface area (Å²) >= 11 is 0. The molecule has 1 aromatic carbocycles. The number of carbonyl (C=O) groups is 1. The fraction of sp³-hybridized carbons (Fsp3) is 0.632. The Bertz CT molecular complexity index is 587. The van der Waals surface area contributed by atoms with Gasteiger partial charge in [-0.25, -0.2) is 0 Å². The Kier molecular flexibility index (Phi) is 6.06. The molecule has 2 heterocycles. The molecule has 0 aliphatic carbocycles. The van der Waals surface area contributed by atoms with Crippen LogP contribution in [0.5, 0.6) is 0 Å². The van der Waals surface area contributed by atoms with Gasteiger partial charge in [0.2, 0.25) is 5.91 Å². The first-order valence-electron chi connectivity index (χ1n) is 9.12. The number of hydrogen-bond acceptors (Lipinski definition) is 5. The molecular formula is C19H29N3O3. The summed E-state index contributed by atoms with van der Waals surface area (Å²) in [5, 5.41) is 2.99. The van der Waals surface area contributed by atoms with Crippen LogP contribution >= 0.6 is 0 Å². The molecule has 0 saturated carbocycles. The molecule has 6 nitrogen and oxygen atoms in total. The zero-order chi connectivity index (χ0) is 17.7. The largest absolute Gasteiger partial charge is 0.381 e. The van der Waals surface area contributed by atoms with Crippen LogP contribution in [0.2, 0.25) is 0 Å². The second kappa shape index (κ2) is 8.27. The molecule has 1 unspecified atom stereocenters. The lowest BCUT2D eigenvalue weighted by atomic mass is 9.90. The van der Waals surface area contributed by atoms with Crippen LogP contribution in [0.4, 0.5) is 0 Å². The van der Waals surface area contributed by atoms with Crippen LogP contribution in [-0.4, -0.2) is 55.4 Å². The SMILES string of the molecule is CC1CN(Cc2cccc(CNC(=O)C3(N)CCOCC3)c2)CCO1. The van der Waals surface area contributed by atoms with Crippen molar-refractivity contribution in [1.29, 1.82) is 0 Å². The number of nitrogens with two attached hydrogens (primary N) is 1. The van der Waals surface area contributed by atoms with E-state index in [-0.39, 0.29) is 12.0 Å². The molecule has 1 amide bonds. The van der Waals surface area contributed by atoms with E-state index in [1.54, 1.807) is 0 Å². The zero-order valence-electron chi connectivity index (χ0n) is 15.0. The molecule has 3 N–H and O–H groups in total. The van der Waals surface area contributed by atoms with Crippen molar-refractivity contribution in [3.05, 3.63) is 35.4 Å². The van der Waals surface area contributed by atoms with Gasteiger partial charge in [0.25, 0.3) is 0 Å². The summed E-state index contributed by atoms with van der Waals surface area (Å²) in [7, 11) is 0. The topological polar surface area (TPSA) is 76.8 Å². The number of ether oxygens (including phenoxy) is 2. The molecule has 2 saturated heterocycles. The molecule has 6 heteroatoms. The third-order valence-electron chi connectivity index (χ3n) is 5.01.